The summed E-state index contributed by atoms with van der Waals surface area (Å²) in [6.45, 7) is 17.9. The summed E-state index contributed by atoms with van der Waals surface area (Å²) in [7, 11) is 0. The average Bonchev–Trinajstić information content (AvgIpc) is 2.63. The molecule has 0 radical (unpaired) electrons. The molecule has 8 heteroatoms. The maximum Gasteiger partial charge on any atom is 0.414 e. The number of aryl methyl sites for hydroxylation is 1. The molecule has 1 aromatic rings. The number of hydrogen-bond donors (Lipinski definition) is 2. The molecule has 0 amide bonds. The van der Waals surface area contributed by atoms with E-state index in [9.17, 15) is 0 Å². The highest BCUT2D eigenvalue weighted by atomic mass is 16.5. The van der Waals surface area contributed by atoms with Crippen molar-refractivity contribution in [2.75, 3.05) is 39.5 Å². The number of carboxylic acid groups (broad SMARTS) is 2. The lowest BCUT2D eigenvalue weighted by Gasteiger charge is -2.35. The maximum absolute atomic E-state index is 9.10. The summed E-state index contributed by atoms with van der Waals surface area (Å²) in [5.41, 5.74) is 2.54. The minimum Gasteiger partial charge on any atom is -0.491 e. The number of benzene rings is 1. The normalized spacial score (nSPS) is 19.3. The second-order valence-electron chi connectivity index (χ2n) is 8.84. The van der Waals surface area contributed by atoms with Crippen LogP contribution in [-0.4, -0.2) is 78.7 Å². The highest BCUT2D eigenvalue weighted by Gasteiger charge is 2.21. The van der Waals surface area contributed by atoms with Crippen molar-refractivity contribution in [3.05, 3.63) is 29.3 Å². The molecule has 0 saturated carbocycles. The minimum absolute atomic E-state index is 0.0770. The van der Waals surface area contributed by atoms with E-state index in [-0.39, 0.29) is 5.41 Å². The van der Waals surface area contributed by atoms with E-state index < -0.39 is 11.9 Å². The summed E-state index contributed by atoms with van der Waals surface area (Å²) in [5.74, 6) is -2.67. The van der Waals surface area contributed by atoms with Gasteiger partial charge in [0.1, 0.15) is 12.4 Å². The van der Waals surface area contributed by atoms with Crippen molar-refractivity contribution >= 4 is 11.9 Å². The number of hydrogen-bond acceptors (Lipinski definition) is 6. The van der Waals surface area contributed by atoms with Gasteiger partial charge in [0.15, 0.2) is 0 Å². The Morgan fingerprint density at radius 3 is 2.16 bits per heavy atom. The molecule has 1 aliphatic heterocycles. The first kappa shape index (κ1) is 26.9. The van der Waals surface area contributed by atoms with Crippen LogP contribution in [0.3, 0.4) is 0 Å². The molecule has 31 heavy (non-hydrogen) atoms. The molecule has 1 fully saturated rings. The Morgan fingerprint density at radius 2 is 1.65 bits per heavy atom. The number of carbonyl (C=O) groups is 2. The zero-order valence-electron chi connectivity index (χ0n) is 19.5. The summed E-state index contributed by atoms with van der Waals surface area (Å²) >= 11 is 0. The lowest BCUT2D eigenvalue weighted by molar-refractivity contribution is -0.159. The molecule has 8 nitrogen and oxygen atoms in total. The van der Waals surface area contributed by atoms with Crippen molar-refractivity contribution in [3.8, 4) is 5.75 Å². The number of nitrogens with zero attached hydrogens (tertiary/aromatic N) is 1. The molecule has 2 atom stereocenters. The molecule has 1 saturated heterocycles. The molecule has 0 bridgehead atoms. The van der Waals surface area contributed by atoms with E-state index in [1.165, 1.54) is 11.1 Å². The second-order valence-corrected chi connectivity index (χ2v) is 8.84. The van der Waals surface area contributed by atoms with Gasteiger partial charge < -0.3 is 24.4 Å². The zero-order chi connectivity index (χ0) is 23.6. The summed E-state index contributed by atoms with van der Waals surface area (Å²) in [5, 5.41) is 14.8. The van der Waals surface area contributed by atoms with Gasteiger partial charge in [-0.2, -0.15) is 0 Å². The van der Waals surface area contributed by atoms with E-state index in [0.29, 0.717) is 25.4 Å². The molecule has 1 aliphatic rings. The third kappa shape index (κ3) is 10.6. The van der Waals surface area contributed by atoms with Gasteiger partial charge in [-0.05, 0) is 43.4 Å². The molecular formula is C23H37NO7. The first-order chi connectivity index (χ1) is 14.4. The van der Waals surface area contributed by atoms with Gasteiger partial charge in [-0.1, -0.05) is 32.9 Å². The van der Waals surface area contributed by atoms with Crippen LogP contribution in [-0.2, 0) is 24.5 Å². The Morgan fingerprint density at radius 1 is 1.06 bits per heavy atom. The van der Waals surface area contributed by atoms with E-state index in [1.807, 2.05) is 0 Å². The number of rotatable bonds is 7. The van der Waals surface area contributed by atoms with Crippen LogP contribution in [0.1, 0.15) is 45.7 Å². The average molecular weight is 440 g/mol. The van der Waals surface area contributed by atoms with E-state index in [1.54, 1.807) is 0 Å². The summed E-state index contributed by atoms with van der Waals surface area (Å²) in [6.07, 6.45) is 0.619. The lowest BCUT2D eigenvalue weighted by Crippen LogP contribution is -2.46. The van der Waals surface area contributed by atoms with Gasteiger partial charge in [0, 0.05) is 19.6 Å². The third-order valence-corrected chi connectivity index (χ3v) is 4.66. The van der Waals surface area contributed by atoms with Crippen LogP contribution in [0.25, 0.3) is 0 Å². The first-order valence-corrected chi connectivity index (χ1v) is 10.6. The van der Waals surface area contributed by atoms with Crippen LogP contribution >= 0.6 is 0 Å². The van der Waals surface area contributed by atoms with Crippen molar-refractivity contribution in [1.29, 1.82) is 0 Å². The van der Waals surface area contributed by atoms with E-state index in [4.69, 9.17) is 34.0 Å². The van der Waals surface area contributed by atoms with Gasteiger partial charge >= 0.3 is 11.9 Å². The monoisotopic (exact) mass is 439 g/mol. The van der Waals surface area contributed by atoms with Crippen molar-refractivity contribution in [1.82, 2.24) is 4.90 Å². The molecule has 2 unspecified atom stereocenters. The number of morpholine rings is 1. The fourth-order valence-corrected chi connectivity index (χ4v) is 3.34. The fraction of sp³-hybridized carbons (Fsp3) is 0.652. The number of ether oxygens (including phenoxy) is 3. The van der Waals surface area contributed by atoms with Crippen LogP contribution in [0.2, 0.25) is 0 Å². The van der Waals surface area contributed by atoms with Gasteiger partial charge in [-0.25, -0.2) is 9.59 Å². The molecule has 0 aliphatic carbocycles. The van der Waals surface area contributed by atoms with E-state index in [2.05, 4.69) is 64.6 Å². The molecular weight excluding hydrogens is 402 g/mol. The Bertz CT molecular complexity index is 692. The molecule has 2 rings (SSSR count). The van der Waals surface area contributed by atoms with E-state index >= 15 is 0 Å². The van der Waals surface area contributed by atoms with Crippen molar-refractivity contribution in [2.24, 2.45) is 0 Å². The quantitative estimate of drug-likeness (QED) is 0.493. The zero-order valence-corrected chi connectivity index (χ0v) is 19.5. The highest BCUT2D eigenvalue weighted by molar-refractivity contribution is 6.27. The van der Waals surface area contributed by atoms with Crippen LogP contribution in [0.15, 0.2) is 18.2 Å². The lowest BCUT2D eigenvalue weighted by atomic mass is 9.86. The van der Waals surface area contributed by atoms with Crippen LogP contribution < -0.4 is 4.74 Å². The van der Waals surface area contributed by atoms with Crippen LogP contribution in [0.4, 0.5) is 0 Å². The van der Waals surface area contributed by atoms with Gasteiger partial charge in [0.2, 0.25) is 0 Å². The summed E-state index contributed by atoms with van der Waals surface area (Å²) in [4.78, 5) is 20.6. The van der Waals surface area contributed by atoms with Gasteiger partial charge in [0.05, 0.1) is 25.4 Å². The van der Waals surface area contributed by atoms with Crippen molar-refractivity contribution < 1.29 is 34.0 Å². The van der Waals surface area contributed by atoms with Crippen molar-refractivity contribution in [3.63, 3.8) is 0 Å². The minimum atomic E-state index is -1.82. The smallest absolute Gasteiger partial charge is 0.414 e. The van der Waals surface area contributed by atoms with E-state index in [0.717, 1.165) is 32.0 Å². The Balaban J connectivity index is 0.000000703. The molecule has 0 aromatic heterocycles. The predicted molar refractivity (Wildman–Crippen MR) is 118 cm³/mol. The summed E-state index contributed by atoms with van der Waals surface area (Å²) < 4.78 is 17.5. The molecule has 1 aromatic carbocycles. The second kappa shape index (κ2) is 12.6. The topological polar surface area (TPSA) is 106 Å². The maximum atomic E-state index is 9.10. The Labute approximate surface area is 185 Å². The molecule has 176 valence electrons. The molecule has 2 N–H and O–H groups in total. The van der Waals surface area contributed by atoms with Crippen LogP contribution in [0, 0.1) is 6.92 Å². The predicted octanol–water partition coefficient (Wildman–Crippen LogP) is 2.95. The van der Waals surface area contributed by atoms with Gasteiger partial charge in [-0.3, -0.25) is 4.90 Å². The molecule has 0 spiro atoms. The summed E-state index contributed by atoms with van der Waals surface area (Å²) in [6, 6.07) is 6.44. The third-order valence-electron chi connectivity index (χ3n) is 4.66. The highest BCUT2D eigenvalue weighted by Crippen LogP contribution is 2.32. The van der Waals surface area contributed by atoms with Crippen molar-refractivity contribution in [2.45, 2.75) is 59.2 Å². The van der Waals surface area contributed by atoms with Crippen LogP contribution in [0.5, 0.6) is 5.75 Å². The van der Waals surface area contributed by atoms with Gasteiger partial charge in [-0.15, -0.1) is 0 Å². The van der Waals surface area contributed by atoms with Gasteiger partial charge in [0.25, 0.3) is 0 Å². The largest absolute Gasteiger partial charge is 0.491 e. The number of carboxylic acids is 2. The fourth-order valence-electron chi connectivity index (χ4n) is 3.34. The molecule has 1 heterocycles. The SMILES string of the molecule is Cc1ccc(C(C)(C)C)c(OCCOCCN2CC(C)OC(C)C2)c1.O=C(O)C(=O)O. The standard InChI is InChI=1S/C21H35NO3.C2H2O4/c1-16-7-8-19(21(4,5)6)20(13-16)24-12-11-23-10-9-22-14-17(2)25-18(3)15-22;3-1(4)2(5)6/h7-8,13,17-18H,9-12,14-15H2,1-6H3;(H,3,4)(H,5,6). The number of aliphatic carboxylic acids is 2. The Kier molecular flexibility index (Phi) is 11.0. The first-order valence-electron chi connectivity index (χ1n) is 10.6. The Hall–Kier alpha value is -2.16.